The molecular formula is C18H27N3O2S. The summed E-state index contributed by atoms with van der Waals surface area (Å²) in [5.41, 5.74) is 0.233. The van der Waals surface area contributed by atoms with Gasteiger partial charge in [0.1, 0.15) is 0 Å². The second-order valence-corrected chi connectivity index (χ2v) is 9.18. The fourth-order valence-electron chi connectivity index (χ4n) is 3.12. The highest BCUT2D eigenvalue weighted by atomic mass is 32.2. The van der Waals surface area contributed by atoms with Gasteiger partial charge in [0.15, 0.2) is 0 Å². The van der Waals surface area contributed by atoms with Crippen LogP contribution in [0.5, 0.6) is 0 Å². The van der Waals surface area contributed by atoms with Crippen LogP contribution in [0.2, 0.25) is 0 Å². The van der Waals surface area contributed by atoms with Crippen LogP contribution in [0.3, 0.4) is 0 Å². The molecule has 2 rings (SSSR count). The Morgan fingerprint density at radius 3 is 2.62 bits per heavy atom. The van der Waals surface area contributed by atoms with Crippen LogP contribution in [0, 0.1) is 17.2 Å². The zero-order valence-corrected chi connectivity index (χ0v) is 15.5. The lowest BCUT2D eigenvalue weighted by Crippen LogP contribution is -2.41. The fourth-order valence-corrected chi connectivity index (χ4v) is 4.78. The minimum Gasteiger partial charge on any atom is -0.310 e. The number of sulfonamides is 1. The van der Waals surface area contributed by atoms with Gasteiger partial charge >= 0.3 is 0 Å². The molecule has 0 heterocycles. The number of nitrogens with one attached hydrogen (secondary N) is 2. The molecule has 24 heavy (non-hydrogen) atoms. The Hall–Kier alpha value is -1.42. The largest absolute Gasteiger partial charge is 0.310 e. The van der Waals surface area contributed by atoms with Crippen LogP contribution in [0.4, 0.5) is 0 Å². The zero-order valence-electron chi connectivity index (χ0n) is 14.7. The Bertz CT molecular complexity index is 702. The van der Waals surface area contributed by atoms with Gasteiger partial charge in [0.05, 0.1) is 11.0 Å². The first kappa shape index (κ1) is 18.9. The van der Waals surface area contributed by atoms with Crippen LogP contribution < -0.4 is 10.0 Å². The highest BCUT2D eigenvalue weighted by Gasteiger charge is 2.25. The second kappa shape index (κ2) is 7.64. The average molecular weight is 350 g/mol. The molecule has 2 unspecified atom stereocenters. The third-order valence-electron chi connectivity index (χ3n) is 4.14. The van der Waals surface area contributed by atoms with Gasteiger partial charge in [0, 0.05) is 24.0 Å². The first-order valence-electron chi connectivity index (χ1n) is 8.46. The van der Waals surface area contributed by atoms with E-state index < -0.39 is 15.6 Å². The van der Waals surface area contributed by atoms with E-state index >= 15 is 0 Å². The van der Waals surface area contributed by atoms with Crippen LogP contribution in [0.15, 0.2) is 29.2 Å². The van der Waals surface area contributed by atoms with Gasteiger partial charge in [0.2, 0.25) is 10.0 Å². The quantitative estimate of drug-likeness (QED) is 0.856. The third-order valence-corrected chi connectivity index (χ3v) is 6.00. The summed E-state index contributed by atoms with van der Waals surface area (Å²) in [5.74, 6) is 0.109. The first-order valence-corrected chi connectivity index (χ1v) is 9.94. The summed E-state index contributed by atoms with van der Waals surface area (Å²) in [7, 11) is -3.56. The third kappa shape index (κ3) is 5.30. The molecule has 1 aromatic carbocycles. The molecule has 132 valence electrons. The molecule has 0 amide bonds. The van der Waals surface area contributed by atoms with Gasteiger partial charge in [-0.15, -0.1) is 0 Å². The molecule has 1 aliphatic rings. The van der Waals surface area contributed by atoms with E-state index in [1.807, 2.05) is 32.9 Å². The maximum Gasteiger partial charge on any atom is 0.241 e. The normalized spacial score (nSPS) is 22.1. The van der Waals surface area contributed by atoms with Gasteiger partial charge < -0.3 is 5.32 Å². The van der Waals surface area contributed by atoms with Crippen molar-refractivity contribution in [2.75, 3.05) is 0 Å². The summed E-state index contributed by atoms with van der Waals surface area (Å²) in [5, 5.41) is 12.5. The summed E-state index contributed by atoms with van der Waals surface area (Å²) >= 11 is 0. The van der Waals surface area contributed by atoms with E-state index in [4.69, 9.17) is 5.26 Å². The first-order chi connectivity index (χ1) is 11.2. The standard InChI is InChI=1S/C18H27N3O2S/c1-18(2,3)21-24(22,23)17-10-5-4-8-15(17)13-20-16-9-6-7-14(11-16)12-19/h4-5,8,10,14,16,20-21H,6-7,9,11,13H2,1-3H3. The van der Waals surface area contributed by atoms with Crippen molar-refractivity contribution in [3.05, 3.63) is 29.8 Å². The Morgan fingerprint density at radius 2 is 1.96 bits per heavy atom. The molecule has 2 atom stereocenters. The van der Waals surface area contributed by atoms with Crippen molar-refractivity contribution in [2.24, 2.45) is 5.92 Å². The van der Waals surface area contributed by atoms with Crippen LogP contribution >= 0.6 is 0 Å². The van der Waals surface area contributed by atoms with Crippen molar-refractivity contribution in [2.45, 2.75) is 69.5 Å². The van der Waals surface area contributed by atoms with Crippen LogP contribution in [0.25, 0.3) is 0 Å². The monoisotopic (exact) mass is 349 g/mol. The molecular weight excluding hydrogens is 322 g/mol. The molecule has 1 saturated carbocycles. The van der Waals surface area contributed by atoms with Gasteiger partial charge in [-0.2, -0.15) is 5.26 Å². The SMILES string of the molecule is CC(C)(C)NS(=O)(=O)c1ccccc1CNC1CCCC(C#N)C1. The number of hydrogen-bond donors (Lipinski definition) is 2. The van der Waals surface area contributed by atoms with Crippen molar-refractivity contribution in [3.63, 3.8) is 0 Å². The predicted molar refractivity (Wildman–Crippen MR) is 94.7 cm³/mol. The van der Waals surface area contributed by atoms with Gasteiger partial charge in [0.25, 0.3) is 0 Å². The second-order valence-electron chi connectivity index (χ2n) is 7.53. The minimum absolute atomic E-state index is 0.109. The maximum absolute atomic E-state index is 12.6. The van der Waals surface area contributed by atoms with E-state index in [1.54, 1.807) is 12.1 Å². The van der Waals surface area contributed by atoms with E-state index in [0.717, 1.165) is 31.2 Å². The number of nitrogens with zero attached hydrogens (tertiary/aromatic N) is 1. The highest BCUT2D eigenvalue weighted by Crippen LogP contribution is 2.24. The Morgan fingerprint density at radius 1 is 1.25 bits per heavy atom. The van der Waals surface area contributed by atoms with Crippen molar-refractivity contribution < 1.29 is 8.42 Å². The van der Waals surface area contributed by atoms with Crippen LogP contribution in [-0.2, 0) is 16.6 Å². The van der Waals surface area contributed by atoms with Gasteiger partial charge in [-0.05, 0) is 51.7 Å². The summed E-state index contributed by atoms with van der Waals surface area (Å²) in [4.78, 5) is 0.320. The predicted octanol–water partition coefficient (Wildman–Crippen LogP) is 2.94. The lowest BCUT2D eigenvalue weighted by Gasteiger charge is -2.27. The van der Waals surface area contributed by atoms with Crippen molar-refractivity contribution in [1.29, 1.82) is 5.26 Å². The summed E-state index contributed by atoms with van der Waals surface area (Å²) in [6, 6.07) is 9.70. The van der Waals surface area contributed by atoms with E-state index in [-0.39, 0.29) is 12.0 Å². The van der Waals surface area contributed by atoms with Crippen molar-refractivity contribution >= 4 is 10.0 Å². The van der Waals surface area contributed by atoms with E-state index in [9.17, 15) is 8.42 Å². The molecule has 1 aromatic rings. The van der Waals surface area contributed by atoms with E-state index in [0.29, 0.717) is 11.4 Å². The molecule has 5 nitrogen and oxygen atoms in total. The smallest absolute Gasteiger partial charge is 0.241 e. The van der Waals surface area contributed by atoms with E-state index in [1.165, 1.54) is 0 Å². The minimum atomic E-state index is -3.56. The number of nitriles is 1. The van der Waals surface area contributed by atoms with Crippen LogP contribution in [-0.4, -0.2) is 20.0 Å². The number of rotatable bonds is 5. The van der Waals surface area contributed by atoms with Crippen molar-refractivity contribution in [3.8, 4) is 6.07 Å². The molecule has 0 aromatic heterocycles. The topological polar surface area (TPSA) is 82.0 Å². The number of benzene rings is 1. The molecule has 2 N–H and O–H groups in total. The molecule has 0 spiro atoms. The molecule has 0 aliphatic heterocycles. The Kier molecular flexibility index (Phi) is 6.02. The van der Waals surface area contributed by atoms with Crippen molar-refractivity contribution in [1.82, 2.24) is 10.0 Å². The maximum atomic E-state index is 12.6. The molecule has 0 bridgehead atoms. The van der Waals surface area contributed by atoms with E-state index in [2.05, 4.69) is 16.1 Å². The van der Waals surface area contributed by atoms with Gasteiger partial charge in [-0.1, -0.05) is 24.6 Å². The fraction of sp³-hybridized carbons (Fsp3) is 0.611. The lowest BCUT2D eigenvalue weighted by molar-refractivity contribution is 0.326. The summed E-state index contributed by atoms with van der Waals surface area (Å²) in [6.45, 7) is 5.98. The van der Waals surface area contributed by atoms with Gasteiger partial charge in [-0.3, -0.25) is 0 Å². The molecule has 1 aliphatic carbocycles. The zero-order chi connectivity index (χ0) is 17.8. The number of hydrogen-bond acceptors (Lipinski definition) is 4. The average Bonchev–Trinajstić information content (AvgIpc) is 2.51. The summed E-state index contributed by atoms with van der Waals surface area (Å²) in [6.07, 6.45) is 3.88. The molecule has 0 radical (unpaired) electrons. The Labute approximate surface area is 145 Å². The van der Waals surface area contributed by atoms with Gasteiger partial charge in [-0.25, -0.2) is 13.1 Å². The molecule has 0 saturated heterocycles. The molecule has 6 heteroatoms. The molecule has 1 fully saturated rings. The van der Waals surface area contributed by atoms with Crippen LogP contribution in [0.1, 0.15) is 52.0 Å². The highest BCUT2D eigenvalue weighted by molar-refractivity contribution is 7.89. The summed E-state index contributed by atoms with van der Waals surface area (Å²) < 4.78 is 28.0. The Balaban J connectivity index is 2.11. The lowest BCUT2D eigenvalue weighted by atomic mass is 9.86.